The van der Waals surface area contributed by atoms with Crippen molar-refractivity contribution in [2.75, 3.05) is 5.84 Å². The number of nitrogens with zero attached hydrogens (tertiary/aromatic N) is 4. The van der Waals surface area contributed by atoms with Gasteiger partial charge in [0.15, 0.2) is 5.82 Å². The molecular weight excluding hydrogens is 226 g/mol. The van der Waals surface area contributed by atoms with E-state index in [4.69, 9.17) is 5.84 Å². The van der Waals surface area contributed by atoms with Gasteiger partial charge in [-0.25, -0.2) is 4.68 Å². The fraction of sp³-hybridized carbons (Fsp3) is 0. The maximum Gasteiger partial charge on any atom is 0.201 e. The van der Waals surface area contributed by atoms with Gasteiger partial charge in [-0.05, 0) is 12.1 Å². The van der Waals surface area contributed by atoms with Crippen molar-refractivity contribution in [3.05, 3.63) is 54.7 Å². The number of aromatic nitrogens is 4. The fourth-order valence-electron chi connectivity index (χ4n) is 1.75. The molecule has 2 N–H and O–H groups in total. The van der Waals surface area contributed by atoms with Crippen molar-refractivity contribution in [3.63, 3.8) is 0 Å². The van der Waals surface area contributed by atoms with Gasteiger partial charge in [-0.2, -0.15) is 0 Å². The van der Waals surface area contributed by atoms with Gasteiger partial charge in [0.2, 0.25) is 5.82 Å². The minimum Gasteiger partial charge on any atom is -0.336 e. The molecule has 5 heteroatoms. The molecule has 0 saturated heterocycles. The lowest BCUT2D eigenvalue weighted by Crippen LogP contribution is -2.12. The van der Waals surface area contributed by atoms with Gasteiger partial charge in [-0.15, -0.1) is 10.2 Å². The van der Waals surface area contributed by atoms with E-state index in [0.717, 1.165) is 5.56 Å². The van der Waals surface area contributed by atoms with Gasteiger partial charge < -0.3 is 5.84 Å². The molecule has 0 unspecified atom stereocenters. The summed E-state index contributed by atoms with van der Waals surface area (Å²) in [7, 11) is 0. The van der Waals surface area contributed by atoms with Crippen molar-refractivity contribution in [1.82, 2.24) is 19.9 Å². The molecule has 0 amide bonds. The Morgan fingerprint density at radius 2 is 1.56 bits per heavy atom. The third kappa shape index (κ3) is 1.71. The summed E-state index contributed by atoms with van der Waals surface area (Å²) in [5.74, 6) is 7.19. The van der Waals surface area contributed by atoms with E-state index in [0.29, 0.717) is 17.3 Å². The van der Waals surface area contributed by atoms with Crippen LogP contribution in [-0.2, 0) is 0 Å². The average molecular weight is 237 g/mol. The van der Waals surface area contributed by atoms with Crippen LogP contribution in [0, 0.1) is 0 Å². The summed E-state index contributed by atoms with van der Waals surface area (Å²) in [6.45, 7) is 0. The molecule has 0 spiro atoms. The summed E-state index contributed by atoms with van der Waals surface area (Å²) in [5, 5.41) is 8.20. The molecule has 1 aromatic carbocycles. The second kappa shape index (κ2) is 4.29. The molecule has 0 saturated carbocycles. The van der Waals surface area contributed by atoms with Gasteiger partial charge >= 0.3 is 0 Å². The first-order chi connectivity index (χ1) is 8.86. The highest BCUT2D eigenvalue weighted by Gasteiger charge is 2.13. The zero-order valence-electron chi connectivity index (χ0n) is 9.56. The third-order valence-electron chi connectivity index (χ3n) is 2.62. The third-order valence-corrected chi connectivity index (χ3v) is 2.62. The van der Waals surface area contributed by atoms with E-state index in [2.05, 4.69) is 15.2 Å². The number of rotatable bonds is 2. The highest BCUT2D eigenvalue weighted by molar-refractivity contribution is 5.60. The number of benzene rings is 1. The summed E-state index contributed by atoms with van der Waals surface area (Å²) in [4.78, 5) is 4.21. The molecule has 0 aliphatic carbocycles. The quantitative estimate of drug-likeness (QED) is 0.689. The topological polar surface area (TPSA) is 69.6 Å². The average Bonchev–Trinajstić information content (AvgIpc) is 2.83. The molecule has 0 atom stereocenters. The predicted molar refractivity (Wildman–Crippen MR) is 68.8 cm³/mol. The highest BCUT2D eigenvalue weighted by Crippen LogP contribution is 2.20. The first-order valence-corrected chi connectivity index (χ1v) is 5.53. The maximum absolute atomic E-state index is 6.02. The summed E-state index contributed by atoms with van der Waals surface area (Å²) in [6.07, 6.45) is 1.70. The second-order valence-corrected chi connectivity index (χ2v) is 3.80. The molecule has 0 fully saturated rings. The number of hydrogen-bond donors (Lipinski definition) is 1. The largest absolute Gasteiger partial charge is 0.336 e. The van der Waals surface area contributed by atoms with E-state index >= 15 is 0 Å². The Bertz CT molecular complexity index is 589. The van der Waals surface area contributed by atoms with E-state index < -0.39 is 0 Å². The van der Waals surface area contributed by atoms with E-state index in [1.165, 1.54) is 4.68 Å². The van der Waals surface area contributed by atoms with Crippen LogP contribution in [0.2, 0.25) is 0 Å². The van der Waals surface area contributed by atoms with Gasteiger partial charge in [0.1, 0.15) is 5.69 Å². The van der Waals surface area contributed by atoms with Crippen molar-refractivity contribution in [2.24, 2.45) is 0 Å². The first-order valence-electron chi connectivity index (χ1n) is 5.53. The number of pyridine rings is 1. The van der Waals surface area contributed by atoms with Gasteiger partial charge in [-0.1, -0.05) is 36.4 Å². The van der Waals surface area contributed by atoms with Gasteiger partial charge in [-0.3, -0.25) is 4.98 Å². The van der Waals surface area contributed by atoms with Crippen molar-refractivity contribution < 1.29 is 0 Å². The number of nitrogens with two attached hydrogens (primary N) is 1. The fourth-order valence-corrected chi connectivity index (χ4v) is 1.75. The summed E-state index contributed by atoms with van der Waals surface area (Å²) < 4.78 is 1.46. The van der Waals surface area contributed by atoms with Crippen molar-refractivity contribution in [1.29, 1.82) is 0 Å². The lowest BCUT2D eigenvalue weighted by Gasteiger charge is -2.02. The minimum absolute atomic E-state index is 0.550. The van der Waals surface area contributed by atoms with Crippen LogP contribution >= 0.6 is 0 Å². The molecule has 0 aliphatic rings. The SMILES string of the molecule is Nn1c(-c2ccccc2)nnc1-c1ccccn1. The Morgan fingerprint density at radius 1 is 0.833 bits per heavy atom. The monoisotopic (exact) mass is 237 g/mol. The number of nitrogen functional groups attached to an aromatic ring is 1. The van der Waals surface area contributed by atoms with E-state index in [-0.39, 0.29) is 0 Å². The molecule has 2 heterocycles. The van der Waals surface area contributed by atoms with Crippen LogP contribution in [0.25, 0.3) is 22.9 Å². The maximum atomic E-state index is 6.02. The van der Waals surface area contributed by atoms with Gasteiger partial charge in [0.05, 0.1) is 0 Å². The van der Waals surface area contributed by atoms with E-state index in [1.54, 1.807) is 6.20 Å². The molecule has 2 aromatic heterocycles. The Balaban J connectivity index is 2.09. The summed E-state index contributed by atoms with van der Waals surface area (Å²) >= 11 is 0. The molecule has 5 nitrogen and oxygen atoms in total. The Morgan fingerprint density at radius 3 is 2.28 bits per heavy atom. The zero-order chi connectivity index (χ0) is 12.4. The smallest absolute Gasteiger partial charge is 0.201 e. The van der Waals surface area contributed by atoms with Crippen LogP contribution in [0.4, 0.5) is 0 Å². The molecule has 0 radical (unpaired) electrons. The second-order valence-electron chi connectivity index (χ2n) is 3.80. The van der Waals surface area contributed by atoms with Crippen LogP contribution < -0.4 is 5.84 Å². The Labute approximate surface area is 104 Å². The van der Waals surface area contributed by atoms with Crippen molar-refractivity contribution in [2.45, 2.75) is 0 Å². The lowest BCUT2D eigenvalue weighted by molar-refractivity contribution is 1.01. The Hall–Kier alpha value is -2.69. The van der Waals surface area contributed by atoms with Gasteiger partial charge in [0.25, 0.3) is 0 Å². The Kier molecular flexibility index (Phi) is 2.49. The molecule has 3 rings (SSSR count). The van der Waals surface area contributed by atoms with E-state index in [1.807, 2.05) is 48.5 Å². The normalized spacial score (nSPS) is 10.4. The molecule has 0 aliphatic heterocycles. The first kappa shape index (κ1) is 10.5. The van der Waals surface area contributed by atoms with Crippen molar-refractivity contribution in [3.8, 4) is 22.9 Å². The minimum atomic E-state index is 0.550. The van der Waals surface area contributed by atoms with Crippen LogP contribution in [0.1, 0.15) is 0 Å². The molecule has 3 aromatic rings. The van der Waals surface area contributed by atoms with Crippen LogP contribution in [0.3, 0.4) is 0 Å². The van der Waals surface area contributed by atoms with Gasteiger partial charge in [0, 0.05) is 11.8 Å². The predicted octanol–water partition coefficient (Wildman–Crippen LogP) is 1.72. The molecule has 88 valence electrons. The van der Waals surface area contributed by atoms with E-state index in [9.17, 15) is 0 Å². The number of hydrogen-bond acceptors (Lipinski definition) is 4. The molecular formula is C13H11N5. The summed E-state index contributed by atoms with van der Waals surface area (Å²) in [5.41, 5.74) is 1.63. The highest BCUT2D eigenvalue weighted by atomic mass is 15.4. The molecule has 0 bridgehead atoms. The van der Waals surface area contributed by atoms with Crippen LogP contribution in [0.5, 0.6) is 0 Å². The van der Waals surface area contributed by atoms with Crippen LogP contribution in [0.15, 0.2) is 54.7 Å². The summed E-state index contributed by atoms with van der Waals surface area (Å²) in [6, 6.07) is 15.3. The zero-order valence-corrected chi connectivity index (χ0v) is 9.56. The van der Waals surface area contributed by atoms with Crippen molar-refractivity contribution >= 4 is 0 Å². The molecule has 18 heavy (non-hydrogen) atoms. The van der Waals surface area contributed by atoms with Crippen LogP contribution in [-0.4, -0.2) is 19.9 Å². The standard InChI is InChI=1S/C13H11N5/c14-18-12(10-6-2-1-3-7-10)16-17-13(18)11-8-4-5-9-15-11/h1-9H,14H2. The lowest BCUT2D eigenvalue weighted by atomic mass is 10.2.